The number of H-pyrrole nitrogens is 1. The van der Waals surface area contributed by atoms with E-state index in [0.29, 0.717) is 0 Å². The van der Waals surface area contributed by atoms with Gasteiger partial charge in [-0.2, -0.15) is 5.10 Å². The number of hydrogen-bond acceptors (Lipinski definition) is 4. The SMILES string of the molecule is C1=CCC(c2nn3c(c2-c2ccnc4cc(-c5ccc[nH]5)ccc24)CCC3)N=C1.C=O.CC.CC. The number of pyridine rings is 1. The van der Waals surface area contributed by atoms with Crippen LogP contribution in [0.4, 0.5) is 0 Å². The predicted octanol–water partition coefficient (Wildman–Crippen LogP) is 6.98. The van der Waals surface area contributed by atoms with Crippen LogP contribution in [0.1, 0.15) is 58.0 Å². The summed E-state index contributed by atoms with van der Waals surface area (Å²) in [5.41, 5.74) is 8.18. The highest BCUT2D eigenvalue weighted by Gasteiger charge is 2.28. The van der Waals surface area contributed by atoms with Crippen LogP contribution in [-0.4, -0.2) is 32.8 Å². The molecule has 0 radical (unpaired) electrons. The predicted molar refractivity (Wildman–Crippen MR) is 146 cm³/mol. The van der Waals surface area contributed by atoms with E-state index < -0.39 is 0 Å². The lowest BCUT2D eigenvalue weighted by Gasteiger charge is -2.14. The third-order valence-electron chi connectivity index (χ3n) is 5.95. The Morgan fingerprint density at radius 1 is 1.09 bits per heavy atom. The molecule has 0 fully saturated rings. The molecule has 0 aliphatic carbocycles. The van der Waals surface area contributed by atoms with Gasteiger partial charge >= 0.3 is 0 Å². The molecule has 0 spiro atoms. The number of aliphatic imine (C=N–C) groups is 1. The fourth-order valence-corrected chi connectivity index (χ4v) is 4.59. The van der Waals surface area contributed by atoms with Gasteiger partial charge in [-0.15, -0.1) is 0 Å². The fraction of sp³-hybridized carbons (Fsp3) is 0.310. The Hall–Kier alpha value is -3.80. The van der Waals surface area contributed by atoms with E-state index >= 15 is 0 Å². The summed E-state index contributed by atoms with van der Waals surface area (Å²) in [6, 6.07) is 12.9. The van der Waals surface area contributed by atoms with Crippen LogP contribution in [0.15, 0.2) is 65.9 Å². The van der Waals surface area contributed by atoms with Gasteiger partial charge in [0.15, 0.2) is 0 Å². The quantitative estimate of drug-likeness (QED) is 0.352. The standard InChI is InChI=1S/C24H21N5.2C2H6.CH2O/c1-2-11-26-20(5-1)24-23(22-7-4-14-29(22)28-24)18-10-13-27-21-15-16(8-9-17(18)21)19-6-3-12-25-19;3*1-2/h1-3,6,8-13,15,20,25H,4-5,7,14H2;2*1-2H3;1H2. The highest BCUT2D eigenvalue weighted by Crippen LogP contribution is 2.40. The van der Waals surface area contributed by atoms with E-state index in [4.69, 9.17) is 14.9 Å². The number of carbonyl (C=O) groups is 1. The molecule has 6 rings (SSSR count). The molecular weight excluding hydrogens is 434 g/mol. The van der Waals surface area contributed by atoms with Gasteiger partial charge in [0.1, 0.15) is 6.79 Å². The number of aromatic amines is 1. The molecule has 4 aromatic rings. The molecule has 2 aliphatic heterocycles. The monoisotopic (exact) mass is 469 g/mol. The summed E-state index contributed by atoms with van der Waals surface area (Å²) in [6.45, 7) is 11.0. The number of aromatic nitrogens is 4. The lowest BCUT2D eigenvalue weighted by molar-refractivity contribution is -0.0979. The largest absolute Gasteiger partial charge is 0.361 e. The molecule has 6 heteroatoms. The van der Waals surface area contributed by atoms with Crippen molar-refractivity contribution in [3.8, 4) is 22.4 Å². The second-order valence-corrected chi connectivity index (χ2v) is 7.69. The third kappa shape index (κ3) is 5.16. The van der Waals surface area contributed by atoms with Crippen LogP contribution in [0.3, 0.4) is 0 Å². The molecule has 1 unspecified atom stereocenters. The Bertz CT molecular complexity index is 1280. The average molecular weight is 470 g/mol. The van der Waals surface area contributed by atoms with Gasteiger partial charge in [-0.05, 0) is 55.2 Å². The van der Waals surface area contributed by atoms with Crippen LogP contribution < -0.4 is 0 Å². The molecule has 5 heterocycles. The fourth-order valence-electron chi connectivity index (χ4n) is 4.59. The summed E-state index contributed by atoms with van der Waals surface area (Å²) in [5.74, 6) is 0. The van der Waals surface area contributed by atoms with E-state index in [1.165, 1.54) is 22.2 Å². The van der Waals surface area contributed by atoms with Crippen LogP contribution >= 0.6 is 0 Å². The summed E-state index contributed by atoms with van der Waals surface area (Å²) in [6.07, 6.45) is 13.1. The Morgan fingerprint density at radius 2 is 1.91 bits per heavy atom. The van der Waals surface area contributed by atoms with E-state index in [9.17, 15) is 0 Å². The third-order valence-corrected chi connectivity index (χ3v) is 5.95. The number of dihydropyridines is 1. The minimum Gasteiger partial charge on any atom is -0.361 e. The number of hydrogen-bond donors (Lipinski definition) is 1. The summed E-state index contributed by atoms with van der Waals surface area (Å²) < 4.78 is 2.19. The van der Waals surface area contributed by atoms with Gasteiger partial charge in [0.05, 0.1) is 17.3 Å². The van der Waals surface area contributed by atoms with Crippen LogP contribution in [-0.2, 0) is 17.8 Å². The first-order valence-corrected chi connectivity index (χ1v) is 12.5. The van der Waals surface area contributed by atoms with E-state index in [-0.39, 0.29) is 6.04 Å². The van der Waals surface area contributed by atoms with Crippen molar-refractivity contribution >= 4 is 23.9 Å². The van der Waals surface area contributed by atoms with Gasteiger partial charge in [0.2, 0.25) is 0 Å². The molecule has 3 aromatic heterocycles. The minimum atomic E-state index is 0.0921. The molecule has 6 nitrogen and oxygen atoms in total. The average Bonchev–Trinajstić information content (AvgIpc) is 3.71. The number of rotatable bonds is 3. The maximum Gasteiger partial charge on any atom is 0.106 e. The number of benzene rings is 1. The molecule has 0 saturated carbocycles. The number of fused-ring (bicyclic) bond motifs is 2. The van der Waals surface area contributed by atoms with Gasteiger partial charge in [-0.25, -0.2) is 0 Å². The normalized spacial score (nSPS) is 15.3. The molecule has 182 valence electrons. The van der Waals surface area contributed by atoms with Crippen LogP contribution in [0.2, 0.25) is 0 Å². The van der Waals surface area contributed by atoms with Crippen LogP contribution in [0, 0.1) is 0 Å². The van der Waals surface area contributed by atoms with Gasteiger partial charge < -0.3 is 9.78 Å². The Balaban J connectivity index is 0.000000533. The zero-order chi connectivity index (χ0) is 25.2. The lowest BCUT2D eigenvalue weighted by atomic mass is 9.93. The van der Waals surface area contributed by atoms with Crippen molar-refractivity contribution < 1.29 is 4.79 Å². The first-order valence-electron chi connectivity index (χ1n) is 12.5. The molecule has 1 N–H and O–H groups in total. The van der Waals surface area contributed by atoms with E-state index in [1.807, 2.05) is 65.2 Å². The highest BCUT2D eigenvalue weighted by atomic mass is 16.1. The second-order valence-electron chi connectivity index (χ2n) is 7.69. The molecule has 0 amide bonds. The number of carbonyl (C=O) groups excluding carboxylic acids is 1. The Kier molecular flexibility index (Phi) is 9.30. The van der Waals surface area contributed by atoms with Gasteiger partial charge in [0, 0.05) is 53.1 Å². The second kappa shape index (κ2) is 12.6. The molecule has 35 heavy (non-hydrogen) atoms. The first kappa shape index (κ1) is 25.8. The summed E-state index contributed by atoms with van der Waals surface area (Å²) in [7, 11) is 0. The van der Waals surface area contributed by atoms with Crippen molar-refractivity contribution in [2.24, 2.45) is 4.99 Å². The zero-order valence-electron chi connectivity index (χ0n) is 21.2. The topological polar surface area (TPSA) is 75.9 Å². The molecule has 0 saturated heterocycles. The van der Waals surface area contributed by atoms with Gasteiger partial charge in [0.25, 0.3) is 0 Å². The highest BCUT2D eigenvalue weighted by molar-refractivity contribution is 5.97. The van der Waals surface area contributed by atoms with Crippen LogP contribution in [0.5, 0.6) is 0 Å². The smallest absolute Gasteiger partial charge is 0.106 e. The number of nitrogens with zero attached hydrogens (tertiary/aromatic N) is 4. The number of aryl methyl sites for hydroxylation is 1. The van der Waals surface area contributed by atoms with Crippen molar-refractivity contribution in [1.29, 1.82) is 0 Å². The van der Waals surface area contributed by atoms with Crippen molar-refractivity contribution in [2.75, 3.05) is 0 Å². The molecule has 2 aliphatic rings. The summed E-state index contributed by atoms with van der Waals surface area (Å²) >= 11 is 0. The Labute approximate surface area is 207 Å². The van der Waals surface area contributed by atoms with Crippen molar-refractivity contribution in [3.05, 3.63) is 72.3 Å². The molecule has 0 bridgehead atoms. The summed E-state index contributed by atoms with van der Waals surface area (Å²) in [5, 5.41) is 6.17. The van der Waals surface area contributed by atoms with E-state index in [2.05, 4.69) is 51.1 Å². The van der Waals surface area contributed by atoms with Gasteiger partial charge in [-0.3, -0.25) is 14.7 Å². The number of nitrogens with one attached hydrogen (secondary N) is 1. The van der Waals surface area contributed by atoms with Crippen LogP contribution in [0.25, 0.3) is 33.3 Å². The minimum absolute atomic E-state index is 0.0921. The zero-order valence-corrected chi connectivity index (χ0v) is 21.2. The molecule has 1 atom stereocenters. The van der Waals surface area contributed by atoms with Crippen molar-refractivity contribution in [1.82, 2.24) is 19.7 Å². The lowest BCUT2D eigenvalue weighted by Crippen LogP contribution is -2.03. The maximum absolute atomic E-state index is 8.00. The summed E-state index contributed by atoms with van der Waals surface area (Å²) in [4.78, 5) is 20.7. The van der Waals surface area contributed by atoms with E-state index in [1.54, 1.807) is 0 Å². The first-order chi connectivity index (χ1) is 17.4. The van der Waals surface area contributed by atoms with E-state index in [0.717, 1.165) is 48.3 Å². The Morgan fingerprint density at radius 3 is 2.63 bits per heavy atom. The molecular formula is C29H35N5O. The van der Waals surface area contributed by atoms with Crippen molar-refractivity contribution in [3.63, 3.8) is 0 Å². The van der Waals surface area contributed by atoms with Crippen molar-refractivity contribution in [2.45, 2.75) is 59.5 Å². The number of allylic oxidation sites excluding steroid dienone is 1. The maximum atomic E-state index is 8.00. The molecule has 1 aromatic carbocycles. The van der Waals surface area contributed by atoms with Gasteiger partial charge in [-0.1, -0.05) is 45.9 Å².